The Morgan fingerprint density at radius 3 is 2.81 bits per heavy atom. The Hall–Kier alpha value is -2.30. The zero-order chi connectivity index (χ0) is 11.5. The van der Waals surface area contributed by atoms with E-state index in [0.717, 1.165) is 11.1 Å². The molecule has 5 heteroatoms. The third-order valence-electron chi connectivity index (χ3n) is 2.14. The van der Waals surface area contributed by atoms with Crippen LogP contribution in [0.15, 0.2) is 29.1 Å². The zero-order valence-electron chi connectivity index (χ0n) is 8.36. The van der Waals surface area contributed by atoms with E-state index in [0.29, 0.717) is 5.52 Å². The molecule has 3 N–H and O–H groups in total. The van der Waals surface area contributed by atoms with E-state index in [4.69, 9.17) is 5.11 Å². The molecular weight excluding hydrogens is 208 g/mol. The molecule has 2 rings (SSSR count). The summed E-state index contributed by atoms with van der Waals surface area (Å²) in [5.74, 6) is -0.868. The normalized spacial score (nSPS) is 11.2. The molecule has 0 fully saturated rings. The minimum atomic E-state index is -0.868. The Labute approximate surface area is 90.4 Å². The highest BCUT2D eigenvalue weighted by molar-refractivity contribution is 5.78. The lowest BCUT2D eigenvalue weighted by atomic mass is 10.2. The summed E-state index contributed by atoms with van der Waals surface area (Å²) in [5, 5.41) is 8.46. The van der Waals surface area contributed by atoms with Crippen LogP contribution >= 0.6 is 0 Å². The van der Waals surface area contributed by atoms with Crippen LogP contribution in [0, 0.1) is 0 Å². The summed E-state index contributed by atoms with van der Waals surface area (Å²) in [7, 11) is 0. The first-order valence-corrected chi connectivity index (χ1v) is 4.75. The SMILES string of the molecule is O=C(O)CC=Cc1ccc2[nH]c(=O)[nH]c2c1. The molecule has 0 saturated heterocycles. The first-order valence-electron chi connectivity index (χ1n) is 4.75. The van der Waals surface area contributed by atoms with Gasteiger partial charge in [-0.3, -0.25) is 4.79 Å². The van der Waals surface area contributed by atoms with Crippen molar-refractivity contribution in [2.45, 2.75) is 6.42 Å². The highest BCUT2D eigenvalue weighted by Gasteiger charge is 1.97. The number of rotatable bonds is 3. The van der Waals surface area contributed by atoms with E-state index in [-0.39, 0.29) is 12.1 Å². The predicted molar refractivity (Wildman–Crippen MR) is 60.2 cm³/mol. The number of H-pyrrole nitrogens is 2. The number of aliphatic carboxylic acids is 1. The van der Waals surface area contributed by atoms with Crippen LogP contribution in [0.3, 0.4) is 0 Å². The minimum Gasteiger partial charge on any atom is -0.481 e. The summed E-state index contributed by atoms with van der Waals surface area (Å²) in [6.45, 7) is 0. The average Bonchev–Trinajstić information content (AvgIpc) is 2.56. The second-order valence-corrected chi connectivity index (χ2v) is 3.38. The summed E-state index contributed by atoms with van der Waals surface area (Å²) in [4.78, 5) is 26.6. The Balaban J connectivity index is 2.28. The first-order chi connectivity index (χ1) is 7.65. The fraction of sp³-hybridized carbons (Fsp3) is 0.0909. The van der Waals surface area contributed by atoms with Gasteiger partial charge in [0.05, 0.1) is 17.5 Å². The molecule has 82 valence electrons. The highest BCUT2D eigenvalue weighted by atomic mass is 16.4. The van der Waals surface area contributed by atoms with E-state index in [1.807, 2.05) is 6.07 Å². The predicted octanol–water partition coefficient (Wildman–Crippen LogP) is 1.34. The zero-order valence-corrected chi connectivity index (χ0v) is 8.36. The molecule has 2 aromatic rings. The number of aromatic amines is 2. The molecule has 0 amide bonds. The summed E-state index contributed by atoms with van der Waals surface area (Å²) in [6, 6.07) is 5.36. The maximum atomic E-state index is 11.0. The van der Waals surface area contributed by atoms with Gasteiger partial charge in [0.2, 0.25) is 0 Å². The van der Waals surface area contributed by atoms with E-state index >= 15 is 0 Å². The molecule has 0 aliphatic carbocycles. The quantitative estimate of drug-likeness (QED) is 0.726. The molecule has 0 unspecified atom stereocenters. The fourth-order valence-corrected chi connectivity index (χ4v) is 1.45. The molecule has 0 aliphatic heterocycles. The maximum Gasteiger partial charge on any atom is 0.323 e. The molecule has 16 heavy (non-hydrogen) atoms. The van der Waals surface area contributed by atoms with E-state index in [1.165, 1.54) is 0 Å². The van der Waals surface area contributed by atoms with Crippen LogP contribution in [-0.2, 0) is 4.79 Å². The minimum absolute atomic E-state index is 0.0122. The Bertz CT molecular complexity index is 607. The number of hydrogen-bond donors (Lipinski definition) is 3. The average molecular weight is 218 g/mol. The second-order valence-electron chi connectivity index (χ2n) is 3.38. The van der Waals surface area contributed by atoms with E-state index in [9.17, 15) is 9.59 Å². The first kappa shape index (κ1) is 10.2. The number of carboxylic acids is 1. The van der Waals surface area contributed by atoms with E-state index in [1.54, 1.807) is 24.3 Å². The van der Waals surface area contributed by atoms with Gasteiger partial charge in [0, 0.05) is 0 Å². The van der Waals surface area contributed by atoms with Gasteiger partial charge in [0.15, 0.2) is 0 Å². The van der Waals surface area contributed by atoms with Gasteiger partial charge in [-0.1, -0.05) is 18.2 Å². The van der Waals surface area contributed by atoms with Gasteiger partial charge >= 0.3 is 11.7 Å². The van der Waals surface area contributed by atoms with Gasteiger partial charge in [0.1, 0.15) is 0 Å². The van der Waals surface area contributed by atoms with E-state index < -0.39 is 5.97 Å². The number of imidazole rings is 1. The lowest BCUT2D eigenvalue weighted by Crippen LogP contribution is -1.99. The number of carboxylic acid groups (broad SMARTS) is 1. The molecule has 0 bridgehead atoms. The van der Waals surface area contributed by atoms with Crippen molar-refractivity contribution in [3.05, 3.63) is 40.3 Å². The van der Waals surface area contributed by atoms with Gasteiger partial charge in [-0.15, -0.1) is 0 Å². The van der Waals surface area contributed by atoms with Crippen LogP contribution < -0.4 is 5.69 Å². The number of fused-ring (bicyclic) bond motifs is 1. The van der Waals surface area contributed by atoms with Crippen molar-refractivity contribution >= 4 is 23.1 Å². The van der Waals surface area contributed by atoms with Gasteiger partial charge in [-0.05, 0) is 17.7 Å². The summed E-state index contributed by atoms with van der Waals surface area (Å²) < 4.78 is 0. The topological polar surface area (TPSA) is 85.9 Å². The van der Waals surface area contributed by atoms with Crippen molar-refractivity contribution < 1.29 is 9.90 Å². The fourth-order valence-electron chi connectivity index (χ4n) is 1.45. The van der Waals surface area contributed by atoms with Crippen molar-refractivity contribution in [1.29, 1.82) is 0 Å². The molecule has 0 aliphatic rings. The summed E-state index contributed by atoms with van der Waals surface area (Å²) in [6.07, 6.45) is 3.26. The molecule has 1 heterocycles. The number of nitrogens with one attached hydrogen (secondary N) is 2. The van der Waals surface area contributed by atoms with Crippen molar-refractivity contribution in [3.63, 3.8) is 0 Å². The van der Waals surface area contributed by atoms with Crippen LogP contribution in [0.1, 0.15) is 12.0 Å². The number of carbonyl (C=O) groups is 1. The third-order valence-corrected chi connectivity index (χ3v) is 2.14. The smallest absolute Gasteiger partial charge is 0.323 e. The molecule has 0 atom stereocenters. The second kappa shape index (κ2) is 4.06. The van der Waals surface area contributed by atoms with Gasteiger partial charge in [-0.2, -0.15) is 0 Å². The van der Waals surface area contributed by atoms with Crippen LogP contribution in [0.25, 0.3) is 17.1 Å². The summed E-state index contributed by atoms with van der Waals surface area (Å²) >= 11 is 0. The van der Waals surface area contributed by atoms with Crippen molar-refractivity contribution in [2.75, 3.05) is 0 Å². The van der Waals surface area contributed by atoms with Crippen LogP contribution in [0.2, 0.25) is 0 Å². The molecule has 1 aromatic carbocycles. The van der Waals surface area contributed by atoms with E-state index in [2.05, 4.69) is 9.97 Å². The van der Waals surface area contributed by atoms with Crippen molar-refractivity contribution in [3.8, 4) is 0 Å². The van der Waals surface area contributed by atoms with Crippen LogP contribution in [0.4, 0.5) is 0 Å². The van der Waals surface area contributed by atoms with Crippen molar-refractivity contribution in [1.82, 2.24) is 9.97 Å². The molecular formula is C11H10N2O3. The Morgan fingerprint density at radius 1 is 1.31 bits per heavy atom. The van der Waals surface area contributed by atoms with Crippen molar-refractivity contribution in [2.24, 2.45) is 0 Å². The molecule has 1 aromatic heterocycles. The number of benzene rings is 1. The van der Waals surface area contributed by atoms with Gasteiger partial charge < -0.3 is 15.1 Å². The van der Waals surface area contributed by atoms with Crippen LogP contribution in [0.5, 0.6) is 0 Å². The Morgan fingerprint density at radius 2 is 2.06 bits per heavy atom. The summed E-state index contributed by atoms with van der Waals surface area (Å²) in [5.41, 5.74) is 2.05. The van der Waals surface area contributed by atoms with Gasteiger partial charge in [-0.25, -0.2) is 4.79 Å². The standard InChI is InChI=1S/C11H10N2O3/c14-10(15)3-1-2-7-4-5-8-9(6-7)13-11(16)12-8/h1-2,4-6H,3H2,(H,14,15)(H2,12,13,16). The largest absolute Gasteiger partial charge is 0.481 e. The lowest BCUT2D eigenvalue weighted by Gasteiger charge is -1.93. The lowest BCUT2D eigenvalue weighted by molar-refractivity contribution is -0.135. The number of aromatic nitrogens is 2. The molecule has 0 spiro atoms. The third kappa shape index (κ3) is 2.20. The van der Waals surface area contributed by atoms with Gasteiger partial charge in [0.25, 0.3) is 0 Å². The molecule has 0 radical (unpaired) electrons. The monoisotopic (exact) mass is 218 g/mol. The number of hydrogen-bond acceptors (Lipinski definition) is 2. The Kier molecular flexibility index (Phi) is 2.59. The highest BCUT2D eigenvalue weighted by Crippen LogP contribution is 2.11. The maximum absolute atomic E-state index is 11.0. The molecule has 0 saturated carbocycles. The van der Waals surface area contributed by atoms with Crippen LogP contribution in [-0.4, -0.2) is 21.0 Å². The molecule has 5 nitrogen and oxygen atoms in total.